The van der Waals surface area contributed by atoms with Crippen LogP contribution in [-0.4, -0.2) is 69.0 Å². The number of hydrogen-bond donors (Lipinski definition) is 3. The molecule has 0 radical (unpaired) electrons. The van der Waals surface area contributed by atoms with Crippen molar-refractivity contribution in [3.05, 3.63) is 94.1 Å². The number of halogens is 7. The summed E-state index contributed by atoms with van der Waals surface area (Å²) in [4.78, 5) is 18.7. The molecule has 1 saturated carbocycles. The number of carbonyl (C=O) groups excluding carboxylic acids is 1. The lowest BCUT2D eigenvalue weighted by Crippen LogP contribution is -2.35. The highest BCUT2D eigenvalue weighted by Gasteiger charge is 2.68. The zero-order valence-electron chi connectivity index (χ0n) is 31.2. The van der Waals surface area contributed by atoms with Crippen molar-refractivity contribution < 1.29 is 53.8 Å². The first-order valence-corrected chi connectivity index (χ1v) is 20.2. The second kappa shape index (κ2) is 14.3. The molecule has 310 valence electrons. The number of rotatable bonds is 9. The summed E-state index contributed by atoms with van der Waals surface area (Å²) in [5.74, 6) is -3.42. The van der Waals surface area contributed by atoms with Crippen LogP contribution in [0.5, 0.6) is 0 Å². The largest absolute Gasteiger partial charge is 0.435 e. The van der Waals surface area contributed by atoms with E-state index in [1.54, 1.807) is 31.3 Å². The third kappa shape index (κ3) is 7.85. The lowest BCUT2D eigenvalue weighted by Gasteiger charge is -2.26. The minimum atomic E-state index is -5.08. The van der Waals surface area contributed by atoms with E-state index >= 15 is 8.78 Å². The van der Waals surface area contributed by atoms with Gasteiger partial charge in [0.1, 0.15) is 35.2 Å². The molecule has 12 nitrogen and oxygen atoms in total. The van der Waals surface area contributed by atoms with Crippen molar-refractivity contribution in [2.75, 3.05) is 24.2 Å². The zero-order chi connectivity index (χ0) is 42.2. The van der Waals surface area contributed by atoms with Gasteiger partial charge in [0.2, 0.25) is 15.9 Å². The number of aliphatic hydroxyl groups is 1. The summed E-state index contributed by atoms with van der Waals surface area (Å²) in [5.41, 5.74) is -3.42. The first-order valence-electron chi connectivity index (χ1n) is 18.3. The fraction of sp³-hybridized carbons (Fsp3) is 0.385. The summed E-state index contributed by atoms with van der Waals surface area (Å²) in [6.07, 6.45) is -4.26. The molecule has 2 aliphatic carbocycles. The Morgan fingerprint density at radius 1 is 1.07 bits per heavy atom. The van der Waals surface area contributed by atoms with Gasteiger partial charge in [-0.2, -0.15) is 32.1 Å². The molecule has 3 N–H and O–H groups in total. The molecule has 3 aromatic heterocycles. The number of pyridine rings is 1. The van der Waals surface area contributed by atoms with Crippen molar-refractivity contribution in [2.45, 2.75) is 61.9 Å². The molecule has 1 amide bonds. The van der Waals surface area contributed by atoms with Crippen LogP contribution in [-0.2, 0) is 51.7 Å². The van der Waals surface area contributed by atoms with Crippen LogP contribution in [0.1, 0.15) is 65.1 Å². The Bertz CT molecular complexity index is 2680. The Labute approximate surface area is 331 Å². The first-order chi connectivity index (χ1) is 27.7. The van der Waals surface area contributed by atoms with Crippen molar-refractivity contribution in [3.8, 4) is 23.0 Å². The van der Waals surface area contributed by atoms with Crippen LogP contribution in [0.25, 0.3) is 22.0 Å². The maximum absolute atomic E-state index is 15.4. The van der Waals surface area contributed by atoms with Gasteiger partial charge in [-0.3, -0.25) is 18.9 Å². The van der Waals surface area contributed by atoms with Crippen LogP contribution in [0, 0.1) is 29.4 Å². The standard InChI is InChI=1S/C39H34F7N7O5S/c1-52-33-25(4-3-5-26(33)36(50-52)51-59(2,56)57)24-7-6-23(8-9-37(55)10-12-58-13-11-37)47-32(24)29(16-20-14-21(40)17-22(41)15-20)48-30(54)19-53-35-31(34(49-53)39(44,45)46)27-18-28(27)38(35,42)43/h3-7,14-15,17,27-29,55H,10-13,16,18-19H2,1-2H3,(H,48,54)(H,50,51)/t27-,28?,29-/m0/s1. The SMILES string of the molecule is Cn1nc(NS(C)(=O)=O)c2cccc(-c3ccc(C#CC4(O)CCOCC4)nc3[C@H](Cc3cc(F)cc(F)c3)NC(=O)Cn3nc(C(F)(F)F)c4c3C(F)(F)C3C[C@H]43)c21. The molecule has 4 heterocycles. The van der Waals surface area contributed by atoms with E-state index in [9.17, 15) is 40.3 Å². The van der Waals surface area contributed by atoms with Crippen LogP contribution in [0.3, 0.4) is 0 Å². The molecule has 0 spiro atoms. The average Bonchev–Trinajstić information content (AvgIpc) is 3.69. The normalized spacial score (nSPS) is 19.7. The predicted molar refractivity (Wildman–Crippen MR) is 197 cm³/mol. The fourth-order valence-electron chi connectivity index (χ4n) is 8.01. The van der Waals surface area contributed by atoms with Gasteiger partial charge in [-0.05, 0) is 60.6 Å². The monoisotopic (exact) mass is 845 g/mol. The molecule has 1 saturated heterocycles. The Morgan fingerprint density at radius 2 is 1.78 bits per heavy atom. The van der Waals surface area contributed by atoms with Crippen molar-refractivity contribution in [1.82, 2.24) is 29.9 Å². The predicted octanol–water partition coefficient (Wildman–Crippen LogP) is 5.70. The summed E-state index contributed by atoms with van der Waals surface area (Å²) < 4.78 is 136. The third-order valence-corrected chi connectivity index (χ3v) is 11.2. The van der Waals surface area contributed by atoms with Crippen LogP contribution >= 0.6 is 0 Å². The number of amides is 1. The molecule has 1 aliphatic heterocycles. The van der Waals surface area contributed by atoms with Crippen LogP contribution in [0.15, 0.2) is 48.5 Å². The van der Waals surface area contributed by atoms with E-state index in [4.69, 9.17) is 9.72 Å². The number of nitrogens with zero attached hydrogens (tertiary/aromatic N) is 5. The number of aryl methyl sites for hydroxylation is 1. The summed E-state index contributed by atoms with van der Waals surface area (Å²) in [6, 6.07) is 9.19. The van der Waals surface area contributed by atoms with Gasteiger partial charge in [-0.25, -0.2) is 22.2 Å². The molecule has 3 aliphatic rings. The fourth-order valence-corrected chi connectivity index (χ4v) is 8.51. The second-order valence-corrected chi connectivity index (χ2v) is 16.8. The zero-order valence-corrected chi connectivity index (χ0v) is 32.0. The van der Waals surface area contributed by atoms with E-state index in [2.05, 4.69) is 32.1 Å². The Kier molecular flexibility index (Phi) is 9.79. The molecule has 3 atom stereocenters. The molecule has 1 unspecified atom stereocenters. The van der Waals surface area contributed by atoms with Crippen LogP contribution in [0.4, 0.5) is 36.6 Å². The van der Waals surface area contributed by atoms with E-state index in [0.29, 0.717) is 27.2 Å². The Morgan fingerprint density at radius 3 is 2.46 bits per heavy atom. The van der Waals surface area contributed by atoms with Crippen molar-refractivity contribution in [3.63, 3.8) is 0 Å². The van der Waals surface area contributed by atoms with Gasteiger partial charge in [-0.15, -0.1) is 0 Å². The van der Waals surface area contributed by atoms with Gasteiger partial charge in [0, 0.05) is 54.0 Å². The second-order valence-electron chi connectivity index (χ2n) is 15.0. The van der Waals surface area contributed by atoms with Gasteiger partial charge >= 0.3 is 6.18 Å². The number of para-hydroxylation sites is 1. The number of fused-ring (bicyclic) bond motifs is 4. The number of nitrogens with one attached hydrogen (secondary N) is 2. The highest BCUT2D eigenvalue weighted by atomic mass is 32.2. The third-order valence-electron chi connectivity index (χ3n) is 10.6. The maximum Gasteiger partial charge on any atom is 0.435 e. The lowest BCUT2D eigenvalue weighted by molar-refractivity contribution is -0.142. The number of benzene rings is 2. The number of hydrogen-bond acceptors (Lipinski definition) is 8. The van der Waals surface area contributed by atoms with E-state index in [-0.39, 0.29) is 67.2 Å². The minimum absolute atomic E-state index is 0.00643. The molecule has 8 rings (SSSR count). The molecule has 5 aromatic rings. The quantitative estimate of drug-likeness (QED) is 0.126. The molecule has 0 bridgehead atoms. The summed E-state index contributed by atoms with van der Waals surface area (Å²) in [7, 11) is -2.24. The number of carbonyl (C=O) groups is 1. The smallest absolute Gasteiger partial charge is 0.381 e. The van der Waals surface area contributed by atoms with Crippen molar-refractivity contribution >= 4 is 32.7 Å². The van der Waals surface area contributed by atoms with Gasteiger partial charge in [0.15, 0.2) is 11.5 Å². The van der Waals surface area contributed by atoms with E-state index in [1.807, 2.05) is 0 Å². The molecule has 59 heavy (non-hydrogen) atoms. The highest BCUT2D eigenvalue weighted by molar-refractivity contribution is 7.92. The van der Waals surface area contributed by atoms with E-state index in [1.165, 1.54) is 10.7 Å². The van der Waals surface area contributed by atoms with Crippen molar-refractivity contribution in [1.29, 1.82) is 0 Å². The lowest BCUT2D eigenvalue weighted by atomic mass is 9.93. The van der Waals surface area contributed by atoms with E-state index in [0.717, 1.165) is 18.4 Å². The molecular formula is C39H34F7N7O5S. The van der Waals surface area contributed by atoms with Crippen LogP contribution in [0.2, 0.25) is 0 Å². The summed E-state index contributed by atoms with van der Waals surface area (Å²) in [6.45, 7) is -0.574. The number of alkyl halides is 5. The van der Waals surface area contributed by atoms with Gasteiger partial charge < -0.3 is 15.2 Å². The van der Waals surface area contributed by atoms with Crippen LogP contribution < -0.4 is 10.0 Å². The summed E-state index contributed by atoms with van der Waals surface area (Å²) >= 11 is 0. The summed E-state index contributed by atoms with van der Waals surface area (Å²) in [5, 5.41) is 21.8. The number of anilines is 1. The topological polar surface area (TPSA) is 153 Å². The van der Waals surface area contributed by atoms with Gasteiger partial charge in [0.25, 0.3) is 5.92 Å². The van der Waals surface area contributed by atoms with Gasteiger partial charge in [0.05, 0.1) is 36.7 Å². The number of sulfonamides is 1. The Balaban J connectivity index is 1.26. The Hall–Kier alpha value is -5.52. The molecule has 2 fully saturated rings. The van der Waals surface area contributed by atoms with Crippen molar-refractivity contribution in [2.24, 2.45) is 13.0 Å². The molecular weight excluding hydrogens is 812 g/mol. The number of ether oxygens (including phenoxy) is 1. The maximum atomic E-state index is 15.4. The van der Waals surface area contributed by atoms with Gasteiger partial charge in [-0.1, -0.05) is 18.1 Å². The molecule has 2 aromatic carbocycles. The minimum Gasteiger partial charge on any atom is -0.381 e. The van der Waals surface area contributed by atoms with E-state index < -0.39 is 86.6 Å². The highest BCUT2D eigenvalue weighted by Crippen LogP contribution is 2.68. The number of aromatic nitrogens is 5. The average molecular weight is 846 g/mol. The molecule has 20 heteroatoms. The first kappa shape index (κ1) is 40.3.